The second-order valence-electron chi connectivity index (χ2n) is 7.48. The number of piperidine rings is 1. The Labute approximate surface area is 155 Å². The van der Waals surface area contributed by atoms with Crippen molar-refractivity contribution in [1.82, 2.24) is 19.4 Å². The zero-order valence-electron chi connectivity index (χ0n) is 15.0. The average molecular weight is 370 g/mol. The first kappa shape index (κ1) is 16.6. The second kappa shape index (κ2) is 6.27. The van der Waals surface area contributed by atoms with Crippen LogP contribution >= 0.6 is 0 Å². The van der Waals surface area contributed by atoms with E-state index in [1.54, 1.807) is 6.20 Å². The van der Waals surface area contributed by atoms with Gasteiger partial charge in [-0.15, -0.1) is 0 Å². The highest BCUT2D eigenvalue weighted by atomic mass is 19.2. The number of hydrogen-bond donors (Lipinski definition) is 0. The molecule has 140 valence electrons. The highest BCUT2D eigenvalue weighted by molar-refractivity contribution is 5.70. The molecule has 3 atom stereocenters. The van der Waals surface area contributed by atoms with Crippen molar-refractivity contribution in [2.45, 2.75) is 6.54 Å². The number of nitrogens with zero attached hydrogens (tertiary/aromatic N) is 4. The maximum Gasteiger partial charge on any atom is 0.200 e. The monoisotopic (exact) mass is 370 g/mol. The first-order valence-corrected chi connectivity index (χ1v) is 9.17. The number of likely N-dealkylation sites (tertiary alicyclic amines) is 1. The molecule has 1 unspecified atom stereocenters. The van der Waals surface area contributed by atoms with Gasteiger partial charge in [0.1, 0.15) is 11.3 Å². The summed E-state index contributed by atoms with van der Waals surface area (Å²) >= 11 is 0. The number of rotatable bonds is 5. The van der Waals surface area contributed by atoms with Crippen LogP contribution in [0.3, 0.4) is 0 Å². The lowest BCUT2D eigenvalue weighted by atomic mass is 10.2. The topological polar surface area (TPSA) is 43.2 Å². The summed E-state index contributed by atoms with van der Waals surface area (Å²) in [5.41, 5.74) is 1.82. The van der Waals surface area contributed by atoms with Crippen molar-refractivity contribution in [3.8, 4) is 5.75 Å². The molecule has 1 aromatic carbocycles. The van der Waals surface area contributed by atoms with Gasteiger partial charge in [0.25, 0.3) is 0 Å². The summed E-state index contributed by atoms with van der Waals surface area (Å²) in [5.74, 6) is 0.797. The molecule has 0 N–H and O–H groups in total. The summed E-state index contributed by atoms with van der Waals surface area (Å²) in [5, 5.41) is 0. The van der Waals surface area contributed by atoms with Crippen LogP contribution in [-0.4, -0.2) is 39.1 Å². The van der Waals surface area contributed by atoms with Crippen molar-refractivity contribution < 1.29 is 13.5 Å². The number of ether oxygens (including phenoxy) is 1. The van der Waals surface area contributed by atoms with Gasteiger partial charge in [-0.05, 0) is 36.1 Å². The van der Waals surface area contributed by atoms with E-state index < -0.39 is 11.6 Å². The van der Waals surface area contributed by atoms with E-state index in [0.29, 0.717) is 24.4 Å². The third-order valence-electron chi connectivity index (χ3n) is 5.88. The Bertz CT molecular complexity index is 993. The van der Waals surface area contributed by atoms with Gasteiger partial charge in [-0.3, -0.25) is 4.90 Å². The molecule has 1 saturated heterocycles. The predicted molar refractivity (Wildman–Crippen MR) is 96.1 cm³/mol. The van der Waals surface area contributed by atoms with Crippen LogP contribution in [0.4, 0.5) is 8.78 Å². The van der Waals surface area contributed by atoms with E-state index >= 15 is 0 Å². The molecule has 27 heavy (non-hydrogen) atoms. The Morgan fingerprint density at radius 2 is 1.96 bits per heavy atom. The van der Waals surface area contributed by atoms with Gasteiger partial charge in [0.2, 0.25) is 5.82 Å². The highest BCUT2D eigenvalue weighted by Crippen LogP contribution is 2.52. The fraction of sp³-hybridized carbons (Fsp3) is 0.400. The second-order valence-corrected chi connectivity index (χ2v) is 7.48. The van der Waals surface area contributed by atoms with Gasteiger partial charge >= 0.3 is 0 Å². The molecule has 3 heterocycles. The van der Waals surface area contributed by atoms with Gasteiger partial charge in [-0.1, -0.05) is 6.07 Å². The molecular weight excluding hydrogens is 350 g/mol. The molecule has 1 aliphatic heterocycles. The van der Waals surface area contributed by atoms with Crippen LogP contribution in [0.15, 0.2) is 36.5 Å². The van der Waals surface area contributed by atoms with Crippen LogP contribution in [0.25, 0.3) is 11.2 Å². The molecule has 2 aromatic heterocycles. The van der Waals surface area contributed by atoms with E-state index in [9.17, 15) is 8.78 Å². The van der Waals surface area contributed by atoms with Crippen molar-refractivity contribution >= 4 is 11.2 Å². The summed E-state index contributed by atoms with van der Waals surface area (Å²) in [7, 11) is 2.00. The van der Waals surface area contributed by atoms with E-state index in [1.807, 2.05) is 23.7 Å². The van der Waals surface area contributed by atoms with E-state index in [1.165, 1.54) is 12.1 Å². The summed E-state index contributed by atoms with van der Waals surface area (Å²) in [6.07, 6.45) is 1.78. The van der Waals surface area contributed by atoms with Gasteiger partial charge in [-0.25, -0.2) is 14.4 Å². The summed E-state index contributed by atoms with van der Waals surface area (Å²) < 4.78 is 34.5. The van der Waals surface area contributed by atoms with Crippen molar-refractivity contribution in [1.29, 1.82) is 0 Å². The summed E-state index contributed by atoms with van der Waals surface area (Å²) in [4.78, 5) is 11.5. The molecule has 0 radical (unpaired) electrons. The van der Waals surface area contributed by atoms with Gasteiger partial charge in [0.15, 0.2) is 17.2 Å². The summed E-state index contributed by atoms with van der Waals surface area (Å²) in [6, 6.07) is 7.92. The molecule has 1 saturated carbocycles. The number of benzene rings is 1. The minimum absolute atomic E-state index is 0.00373. The van der Waals surface area contributed by atoms with Crippen LogP contribution in [-0.2, 0) is 13.6 Å². The number of pyridine rings is 1. The lowest BCUT2D eigenvalue weighted by molar-refractivity contribution is 0.220. The van der Waals surface area contributed by atoms with Crippen LogP contribution in [0.5, 0.6) is 5.75 Å². The van der Waals surface area contributed by atoms with Crippen molar-refractivity contribution in [3.63, 3.8) is 0 Å². The van der Waals surface area contributed by atoms with Crippen LogP contribution in [0, 0.1) is 29.4 Å². The first-order valence-electron chi connectivity index (χ1n) is 9.17. The van der Waals surface area contributed by atoms with Gasteiger partial charge in [0.05, 0.1) is 13.2 Å². The zero-order valence-corrected chi connectivity index (χ0v) is 15.0. The third kappa shape index (κ3) is 2.86. The predicted octanol–water partition coefficient (Wildman–Crippen LogP) is 3.00. The first-order chi connectivity index (χ1) is 13.1. The SMILES string of the molecule is Cn1c(CN2C[C@@H]3C(COc4cccc(F)c4F)[C@@H]3C2)nc2cccnc21. The maximum atomic E-state index is 13.7. The van der Waals surface area contributed by atoms with E-state index in [2.05, 4.69) is 14.9 Å². The number of halogens is 2. The molecule has 2 fully saturated rings. The number of aromatic nitrogens is 3. The lowest BCUT2D eigenvalue weighted by Crippen LogP contribution is -2.26. The molecule has 0 spiro atoms. The molecule has 1 aliphatic carbocycles. The number of hydrogen-bond acceptors (Lipinski definition) is 4. The van der Waals surface area contributed by atoms with Gasteiger partial charge in [0, 0.05) is 32.3 Å². The van der Waals surface area contributed by atoms with E-state index in [0.717, 1.165) is 42.7 Å². The Kier molecular flexibility index (Phi) is 3.86. The molecule has 0 amide bonds. The van der Waals surface area contributed by atoms with Crippen molar-refractivity contribution in [2.24, 2.45) is 24.8 Å². The molecular formula is C20H20F2N4O. The largest absolute Gasteiger partial charge is 0.490 e. The minimum Gasteiger partial charge on any atom is -0.490 e. The molecule has 2 aliphatic rings. The fourth-order valence-corrected chi connectivity index (χ4v) is 4.31. The maximum absolute atomic E-state index is 13.7. The minimum atomic E-state index is -0.902. The number of aryl methyl sites for hydroxylation is 1. The molecule has 3 aromatic rings. The standard InChI is InChI=1S/C20H20F2N4O/c1-25-18(24-16-5-3-7-23-20(16)25)10-26-8-12-13(9-26)14(12)11-27-17-6-2-4-15(21)19(17)22/h2-7,12-14H,8-11H2,1H3/t12-,13+,14?. The highest BCUT2D eigenvalue weighted by Gasteiger charge is 2.55. The van der Waals surface area contributed by atoms with Crippen LogP contribution in [0.2, 0.25) is 0 Å². The quantitative estimate of drug-likeness (QED) is 0.693. The lowest BCUT2D eigenvalue weighted by Gasteiger charge is -2.19. The summed E-state index contributed by atoms with van der Waals surface area (Å²) in [6.45, 7) is 3.22. The normalized spacial score (nSPS) is 24.3. The molecule has 5 nitrogen and oxygen atoms in total. The molecule has 0 bridgehead atoms. The van der Waals surface area contributed by atoms with Gasteiger partial charge < -0.3 is 9.30 Å². The van der Waals surface area contributed by atoms with Gasteiger partial charge in [-0.2, -0.15) is 4.39 Å². The third-order valence-corrected chi connectivity index (χ3v) is 5.88. The zero-order chi connectivity index (χ0) is 18.5. The number of imidazole rings is 1. The average Bonchev–Trinajstić information content (AvgIpc) is 2.99. The Balaban J connectivity index is 1.17. The molecule has 5 rings (SSSR count). The van der Waals surface area contributed by atoms with Crippen molar-refractivity contribution in [2.75, 3.05) is 19.7 Å². The number of fused-ring (bicyclic) bond motifs is 2. The molecule has 7 heteroatoms. The van der Waals surface area contributed by atoms with Crippen LogP contribution in [0.1, 0.15) is 5.82 Å². The Morgan fingerprint density at radius 1 is 1.15 bits per heavy atom. The Hall–Kier alpha value is -2.54. The smallest absolute Gasteiger partial charge is 0.200 e. The fourth-order valence-electron chi connectivity index (χ4n) is 4.31. The van der Waals surface area contributed by atoms with Crippen LogP contribution < -0.4 is 4.74 Å². The Morgan fingerprint density at radius 3 is 2.74 bits per heavy atom. The van der Waals surface area contributed by atoms with E-state index in [4.69, 9.17) is 4.74 Å². The van der Waals surface area contributed by atoms with E-state index in [-0.39, 0.29) is 5.75 Å². The van der Waals surface area contributed by atoms with Crippen molar-refractivity contribution in [3.05, 3.63) is 54.0 Å².